The summed E-state index contributed by atoms with van der Waals surface area (Å²) in [4.78, 5) is 16.6. The van der Waals surface area contributed by atoms with Crippen molar-refractivity contribution in [2.45, 2.75) is 23.8 Å². The molecule has 0 amide bonds. The third kappa shape index (κ3) is 2.92. The Labute approximate surface area is 144 Å². The molecule has 7 heteroatoms. The van der Waals surface area contributed by atoms with Crippen LogP contribution in [0, 0.1) is 6.92 Å². The Morgan fingerprint density at radius 3 is 2.54 bits per heavy atom. The summed E-state index contributed by atoms with van der Waals surface area (Å²) in [6, 6.07) is 10.6. The third-order valence-electron chi connectivity index (χ3n) is 3.74. The Hall–Kier alpha value is -2.25. The van der Waals surface area contributed by atoms with Gasteiger partial charge in [-0.3, -0.25) is 4.79 Å². The highest BCUT2D eigenvalue weighted by molar-refractivity contribution is 7.93. The first-order valence-corrected chi connectivity index (χ1v) is 9.73. The Bertz CT molecular complexity index is 1040. The molecule has 24 heavy (non-hydrogen) atoms. The van der Waals surface area contributed by atoms with Crippen LogP contribution in [0.1, 0.15) is 28.5 Å². The molecule has 2 N–H and O–H groups in total. The maximum Gasteiger partial charge on any atom is 0.194 e. The first kappa shape index (κ1) is 16.6. The van der Waals surface area contributed by atoms with E-state index >= 15 is 0 Å². The standard InChI is InChI=1S/C17H16N2O3S2/c1-10-13(11(2)20)8-14-15(18)17(23-16(14)19-10)24(21,22)9-12-6-4-3-5-7-12/h3-8H,9,18H2,1-2H3. The molecule has 0 aliphatic carbocycles. The van der Waals surface area contributed by atoms with Gasteiger partial charge in [-0.25, -0.2) is 13.4 Å². The number of Topliss-reactive ketones (excluding diaryl/α,β-unsaturated/α-hetero) is 1. The van der Waals surface area contributed by atoms with Gasteiger partial charge in [0.2, 0.25) is 0 Å². The fraction of sp³-hybridized carbons (Fsp3) is 0.176. The van der Waals surface area contributed by atoms with Crippen molar-refractivity contribution < 1.29 is 13.2 Å². The summed E-state index contributed by atoms with van der Waals surface area (Å²) in [5.74, 6) is -0.246. The first-order valence-electron chi connectivity index (χ1n) is 7.27. The summed E-state index contributed by atoms with van der Waals surface area (Å²) in [5.41, 5.74) is 7.97. The van der Waals surface area contributed by atoms with Crippen LogP contribution in [-0.2, 0) is 15.6 Å². The molecule has 0 atom stereocenters. The number of aromatic nitrogens is 1. The van der Waals surface area contributed by atoms with Crippen LogP contribution in [0.15, 0.2) is 40.6 Å². The number of anilines is 1. The number of fused-ring (bicyclic) bond motifs is 1. The van der Waals surface area contributed by atoms with Gasteiger partial charge in [0.15, 0.2) is 15.6 Å². The van der Waals surface area contributed by atoms with Gasteiger partial charge in [-0.05, 0) is 25.5 Å². The second-order valence-corrected chi connectivity index (χ2v) is 8.76. The van der Waals surface area contributed by atoms with Crippen molar-refractivity contribution in [2.24, 2.45) is 0 Å². The quantitative estimate of drug-likeness (QED) is 0.721. The minimum atomic E-state index is -3.58. The highest BCUT2D eigenvalue weighted by Gasteiger charge is 2.24. The van der Waals surface area contributed by atoms with Gasteiger partial charge in [0.1, 0.15) is 9.04 Å². The molecule has 0 bridgehead atoms. The number of ketones is 1. The van der Waals surface area contributed by atoms with E-state index in [1.54, 1.807) is 37.3 Å². The molecule has 0 aliphatic heterocycles. The molecule has 5 nitrogen and oxygen atoms in total. The van der Waals surface area contributed by atoms with Crippen LogP contribution in [0.2, 0.25) is 0 Å². The van der Waals surface area contributed by atoms with Gasteiger partial charge in [0, 0.05) is 16.6 Å². The van der Waals surface area contributed by atoms with E-state index in [0.29, 0.717) is 27.0 Å². The third-order valence-corrected chi connectivity index (χ3v) is 7.16. The van der Waals surface area contributed by atoms with Crippen molar-refractivity contribution in [3.8, 4) is 0 Å². The predicted molar refractivity (Wildman–Crippen MR) is 96.1 cm³/mol. The normalized spacial score (nSPS) is 11.8. The van der Waals surface area contributed by atoms with Gasteiger partial charge in [-0.1, -0.05) is 30.3 Å². The molecule has 3 aromatic rings. The fourth-order valence-corrected chi connectivity index (χ4v) is 5.54. The molecule has 0 saturated heterocycles. The van der Waals surface area contributed by atoms with Crippen LogP contribution < -0.4 is 5.73 Å². The largest absolute Gasteiger partial charge is 0.396 e. The number of nitrogens with zero attached hydrogens (tertiary/aromatic N) is 1. The van der Waals surface area contributed by atoms with E-state index in [2.05, 4.69) is 4.98 Å². The Kier molecular flexibility index (Phi) is 4.15. The average Bonchev–Trinajstić information content (AvgIpc) is 2.84. The molecule has 0 spiro atoms. The Balaban J connectivity index is 2.13. The number of carbonyl (C=O) groups excluding carboxylic acids is 1. The maximum absolute atomic E-state index is 12.7. The molecule has 0 saturated carbocycles. The zero-order chi connectivity index (χ0) is 17.5. The van der Waals surface area contributed by atoms with Crippen molar-refractivity contribution in [3.05, 3.63) is 53.2 Å². The van der Waals surface area contributed by atoms with E-state index in [9.17, 15) is 13.2 Å². The van der Waals surface area contributed by atoms with Gasteiger partial charge in [0.25, 0.3) is 0 Å². The summed E-state index contributed by atoms with van der Waals surface area (Å²) in [5, 5.41) is 0.516. The summed E-state index contributed by atoms with van der Waals surface area (Å²) in [6.07, 6.45) is 0. The lowest BCUT2D eigenvalue weighted by atomic mass is 10.1. The minimum absolute atomic E-state index is 0.106. The van der Waals surface area contributed by atoms with Crippen molar-refractivity contribution in [3.63, 3.8) is 0 Å². The van der Waals surface area contributed by atoms with Gasteiger partial charge in [0.05, 0.1) is 11.4 Å². The second-order valence-electron chi connectivity index (χ2n) is 5.58. The fourth-order valence-electron chi connectivity index (χ4n) is 2.55. The van der Waals surface area contributed by atoms with E-state index in [4.69, 9.17) is 5.73 Å². The number of benzene rings is 1. The lowest BCUT2D eigenvalue weighted by Gasteiger charge is -2.03. The molecule has 0 fully saturated rings. The summed E-state index contributed by atoms with van der Waals surface area (Å²) < 4.78 is 25.6. The zero-order valence-corrected chi connectivity index (χ0v) is 14.9. The number of rotatable bonds is 4. The van der Waals surface area contributed by atoms with E-state index in [1.807, 2.05) is 6.07 Å². The van der Waals surface area contributed by atoms with E-state index in [0.717, 1.165) is 11.3 Å². The average molecular weight is 360 g/mol. The number of pyridine rings is 1. The molecule has 0 unspecified atom stereocenters. The van der Waals surface area contributed by atoms with Gasteiger partial charge >= 0.3 is 0 Å². The number of carbonyl (C=O) groups is 1. The smallest absolute Gasteiger partial charge is 0.194 e. The second kappa shape index (κ2) is 5.99. The van der Waals surface area contributed by atoms with Crippen LogP contribution in [0.4, 0.5) is 5.69 Å². The lowest BCUT2D eigenvalue weighted by molar-refractivity contribution is 0.101. The van der Waals surface area contributed by atoms with Crippen molar-refractivity contribution in [1.82, 2.24) is 4.98 Å². The van der Waals surface area contributed by atoms with Crippen LogP contribution in [0.5, 0.6) is 0 Å². The molecule has 0 aliphatic rings. The molecular formula is C17H16N2O3S2. The topological polar surface area (TPSA) is 90.1 Å². The highest BCUT2D eigenvalue weighted by atomic mass is 32.2. The van der Waals surface area contributed by atoms with Crippen LogP contribution >= 0.6 is 11.3 Å². The zero-order valence-electron chi connectivity index (χ0n) is 13.2. The molecule has 2 heterocycles. The summed E-state index contributed by atoms with van der Waals surface area (Å²) >= 11 is 1.05. The van der Waals surface area contributed by atoms with Crippen molar-refractivity contribution in [1.29, 1.82) is 0 Å². The van der Waals surface area contributed by atoms with Crippen LogP contribution in [-0.4, -0.2) is 19.2 Å². The number of hydrogen-bond donors (Lipinski definition) is 1. The first-order chi connectivity index (χ1) is 11.3. The van der Waals surface area contributed by atoms with Gasteiger partial charge < -0.3 is 5.73 Å². The minimum Gasteiger partial charge on any atom is -0.396 e. The van der Waals surface area contributed by atoms with Crippen LogP contribution in [0.3, 0.4) is 0 Å². The molecular weight excluding hydrogens is 344 g/mol. The Morgan fingerprint density at radius 2 is 1.92 bits per heavy atom. The molecule has 2 aromatic heterocycles. The number of thiophene rings is 1. The van der Waals surface area contributed by atoms with E-state index in [1.165, 1.54) is 6.92 Å². The summed E-state index contributed by atoms with van der Waals surface area (Å²) in [6.45, 7) is 3.18. The number of sulfone groups is 1. The lowest BCUT2D eigenvalue weighted by Crippen LogP contribution is -2.05. The van der Waals surface area contributed by atoms with Crippen molar-refractivity contribution >= 4 is 42.9 Å². The number of aryl methyl sites for hydroxylation is 1. The maximum atomic E-state index is 12.7. The molecule has 0 radical (unpaired) electrons. The monoisotopic (exact) mass is 360 g/mol. The molecule has 1 aromatic carbocycles. The number of nitrogens with two attached hydrogens (primary N) is 1. The SMILES string of the molecule is CC(=O)c1cc2c(N)c(S(=O)(=O)Cc3ccccc3)sc2nc1C. The number of hydrogen-bond acceptors (Lipinski definition) is 6. The predicted octanol–water partition coefficient (Wildman–Crippen LogP) is 3.36. The Morgan fingerprint density at radius 1 is 1.25 bits per heavy atom. The highest BCUT2D eigenvalue weighted by Crippen LogP contribution is 2.38. The molecule has 3 rings (SSSR count). The van der Waals surface area contributed by atoms with Crippen molar-refractivity contribution in [2.75, 3.05) is 5.73 Å². The van der Waals surface area contributed by atoms with Gasteiger partial charge in [-0.2, -0.15) is 0 Å². The van der Waals surface area contributed by atoms with E-state index < -0.39 is 9.84 Å². The summed E-state index contributed by atoms with van der Waals surface area (Å²) in [7, 11) is -3.58. The van der Waals surface area contributed by atoms with E-state index in [-0.39, 0.29) is 21.4 Å². The number of nitrogen functional groups attached to an aromatic ring is 1. The van der Waals surface area contributed by atoms with Crippen LogP contribution in [0.25, 0.3) is 10.2 Å². The van der Waals surface area contributed by atoms with Gasteiger partial charge in [-0.15, -0.1) is 11.3 Å². The molecule has 124 valence electrons.